The van der Waals surface area contributed by atoms with Crippen molar-refractivity contribution in [2.45, 2.75) is 11.3 Å². The van der Waals surface area contributed by atoms with Gasteiger partial charge in [-0.25, -0.2) is 0 Å². The molecular formula is C7H4BrF3OS. The van der Waals surface area contributed by atoms with E-state index in [1.165, 1.54) is 18.2 Å². The van der Waals surface area contributed by atoms with Gasteiger partial charge in [0.25, 0.3) is 0 Å². The molecule has 1 aromatic carbocycles. The van der Waals surface area contributed by atoms with E-state index in [0.717, 1.165) is 0 Å². The number of hydrogen-bond acceptors (Lipinski definition) is 2. The molecule has 0 atom stereocenters. The summed E-state index contributed by atoms with van der Waals surface area (Å²) < 4.78 is 39.4. The number of alkyl halides is 3. The van der Waals surface area contributed by atoms with Crippen molar-refractivity contribution in [1.29, 1.82) is 0 Å². The Hall–Kier alpha value is -0.360. The van der Waals surface area contributed by atoms with Crippen LogP contribution in [-0.2, 0) is 0 Å². The molecule has 13 heavy (non-hydrogen) atoms. The summed E-state index contributed by atoms with van der Waals surface area (Å²) in [5, 5.41) is 0. The van der Waals surface area contributed by atoms with E-state index in [1.807, 2.05) is 0 Å². The molecule has 0 radical (unpaired) electrons. The summed E-state index contributed by atoms with van der Waals surface area (Å²) in [7, 11) is 0. The van der Waals surface area contributed by atoms with Gasteiger partial charge in [0.15, 0.2) is 0 Å². The van der Waals surface area contributed by atoms with Gasteiger partial charge in [0, 0.05) is 9.37 Å². The fourth-order valence-electron chi connectivity index (χ4n) is 0.690. The number of ether oxygens (including phenoxy) is 1. The van der Waals surface area contributed by atoms with Crippen LogP contribution in [0.25, 0.3) is 0 Å². The largest absolute Gasteiger partial charge is 0.573 e. The fraction of sp³-hybridized carbons (Fsp3) is 0.143. The molecule has 0 heterocycles. The van der Waals surface area contributed by atoms with Crippen molar-refractivity contribution in [3.05, 3.63) is 22.7 Å². The van der Waals surface area contributed by atoms with Gasteiger partial charge in [-0.05, 0) is 34.1 Å². The Morgan fingerprint density at radius 3 is 2.38 bits per heavy atom. The minimum absolute atomic E-state index is 0.277. The Morgan fingerprint density at radius 2 is 1.92 bits per heavy atom. The van der Waals surface area contributed by atoms with Gasteiger partial charge < -0.3 is 4.74 Å². The Labute approximate surface area is 86.4 Å². The number of thiol groups is 1. The molecule has 0 amide bonds. The zero-order chi connectivity index (χ0) is 10.1. The number of halogens is 4. The third-order valence-corrected chi connectivity index (χ3v) is 2.52. The van der Waals surface area contributed by atoms with Gasteiger partial charge in [-0.2, -0.15) is 0 Å². The van der Waals surface area contributed by atoms with Crippen molar-refractivity contribution in [2.24, 2.45) is 0 Å². The van der Waals surface area contributed by atoms with E-state index >= 15 is 0 Å². The summed E-state index contributed by atoms with van der Waals surface area (Å²) >= 11 is 7.02. The summed E-state index contributed by atoms with van der Waals surface area (Å²) in [6, 6.07) is 3.82. The highest BCUT2D eigenvalue weighted by Crippen LogP contribution is 2.28. The van der Waals surface area contributed by atoms with Crippen LogP contribution in [0.1, 0.15) is 0 Å². The van der Waals surface area contributed by atoms with Crippen LogP contribution in [0.15, 0.2) is 27.6 Å². The highest BCUT2D eigenvalue weighted by molar-refractivity contribution is 9.10. The maximum absolute atomic E-state index is 11.7. The first kappa shape index (κ1) is 10.7. The summed E-state index contributed by atoms with van der Waals surface area (Å²) in [5.41, 5.74) is 0. The fourth-order valence-corrected chi connectivity index (χ4v) is 1.14. The Bertz CT molecular complexity index is 313. The van der Waals surface area contributed by atoms with E-state index in [1.54, 1.807) is 0 Å². The third kappa shape index (κ3) is 3.48. The molecule has 6 heteroatoms. The predicted octanol–water partition coefficient (Wildman–Crippen LogP) is 3.64. The first-order chi connectivity index (χ1) is 5.88. The smallest absolute Gasteiger partial charge is 0.406 e. The minimum Gasteiger partial charge on any atom is -0.406 e. The lowest BCUT2D eigenvalue weighted by molar-refractivity contribution is -0.274. The van der Waals surface area contributed by atoms with Crippen LogP contribution >= 0.6 is 28.6 Å². The Balaban J connectivity index is 2.86. The molecule has 0 fully saturated rings. The van der Waals surface area contributed by atoms with E-state index < -0.39 is 6.36 Å². The molecule has 0 aliphatic rings. The Kier molecular flexibility index (Phi) is 3.13. The van der Waals surface area contributed by atoms with Crippen LogP contribution in [0.2, 0.25) is 0 Å². The van der Waals surface area contributed by atoms with Crippen LogP contribution in [-0.4, -0.2) is 6.36 Å². The van der Waals surface area contributed by atoms with Gasteiger partial charge in [0.05, 0.1) is 0 Å². The van der Waals surface area contributed by atoms with Crippen molar-refractivity contribution >= 4 is 28.6 Å². The zero-order valence-electron chi connectivity index (χ0n) is 6.10. The number of benzene rings is 1. The molecule has 0 spiro atoms. The van der Waals surface area contributed by atoms with Crippen LogP contribution < -0.4 is 4.74 Å². The van der Waals surface area contributed by atoms with Crippen LogP contribution in [0.3, 0.4) is 0 Å². The molecule has 0 aliphatic heterocycles. The van der Waals surface area contributed by atoms with Gasteiger partial charge >= 0.3 is 6.36 Å². The van der Waals surface area contributed by atoms with Crippen molar-refractivity contribution < 1.29 is 17.9 Å². The molecule has 1 aromatic rings. The van der Waals surface area contributed by atoms with E-state index in [4.69, 9.17) is 0 Å². The second-order valence-corrected chi connectivity index (χ2v) is 3.50. The van der Waals surface area contributed by atoms with Crippen molar-refractivity contribution in [2.75, 3.05) is 0 Å². The van der Waals surface area contributed by atoms with E-state index in [9.17, 15) is 13.2 Å². The summed E-state index contributed by atoms with van der Waals surface area (Å²) in [6.45, 7) is 0. The molecule has 0 saturated carbocycles. The number of hydrogen-bond donors (Lipinski definition) is 1. The molecule has 1 nitrogen and oxygen atoms in total. The van der Waals surface area contributed by atoms with Crippen LogP contribution in [0, 0.1) is 0 Å². The molecule has 0 aliphatic carbocycles. The molecule has 0 bridgehead atoms. The normalized spacial score (nSPS) is 11.5. The van der Waals surface area contributed by atoms with E-state index in [-0.39, 0.29) is 5.75 Å². The molecule has 72 valence electrons. The predicted molar refractivity (Wildman–Crippen MR) is 48.1 cm³/mol. The van der Waals surface area contributed by atoms with Crippen molar-refractivity contribution in [1.82, 2.24) is 0 Å². The molecule has 0 N–H and O–H groups in total. The van der Waals surface area contributed by atoms with E-state index in [2.05, 4.69) is 33.3 Å². The second-order valence-electron chi connectivity index (χ2n) is 2.16. The molecule has 1 rings (SSSR count). The average molecular weight is 273 g/mol. The zero-order valence-corrected chi connectivity index (χ0v) is 8.58. The van der Waals surface area contributed by atoms with Gasteiger partial charge in [-0.3, -0.25) is 0 Å². The third-order valence-electron chi connectivity index (χ3n) is 1.15. The standard InChI is InChI=1S/C7H4BrF3OS/c8-5-2-1-4(3-6(5)13)12-7(9,10)11/h1-3,13H. The van der Waals surface area contributed by atoms with Gasteiger partial charge in [-0.15, -0.1) is 25.8 Å². The topological polar surface area (TPSA) is 9.23 Å². The molecule has 0 saturated heterocycles. The average Bonchev–Trinajstić information content (AvgIpc) is 1.94. The lowest BCUT2D eigenvalue weighted by atomic mass is 10.3. The monoisotopic (exact) mass is 272 g/mol. The van der Waals surface area contributed by atoms with E-state index in [0.29, 0.717) is 9.37 Å². The SMILES string of the molecule is FC(F)(F)Oc1ccc(Br)c(S)c1. The lowest BCUT2D eigenvalue weighted by Crippen LogP contribution is -2.17. The van der Waals surface area contributed by atoms with Crippen molar-refractivity contribution in [3.63, 3.8) is 0 Å². The summed E-state index contributed by atoms with van der Waals surface area (Å²) in [5.74, 6) is -0.277. The van der Waals surface area contributed by atoms with Crippen LogP contribution in [0.5, 0.6) is 5.75 Å². The van der Waals surface area contributed by atoms with Gasteiger partial charge in [0.1, 0.15) is 5.75 Å². The maximum atomic E-state index is 11.7. The lowest BCUT2D eigenvalue weighted by Gasteiger charge is -2.09. The first-order valence-corrected chi connectivity index (χ1v) is 4.37. The molecule has 0 aromatic heterocycles. The minimum atomic E-state index is -4.66. The molecular weight excluding hydrogens is 269 g/mol. The maximum Gasteiger partial charge on any atom is 0.573 e. The summed E-state index contributed by atoms with van der Waals surface area (Å²) in [4.78, 5) is 0.391. The van der Waals surface area contributed by atoms with Gasteiger partial charge in [-0.1, -0.05) is 0 Å². The Morgan fingerprint density at radius 1 is 1.31 bits per heavy atom. The quantitative estimate of drug-likeness (QED) is 0.768. The summed E-state index contributed by atoms with van der Waals surface area (Å²) in [6.07, 6.45) is -4.66. The highest BCUT2D eigenvalue weighted by Gasteiger charge is 2.31. The first-order valence-electron chi connectivity index (χ1n) is 3.13. The van der Waals surface area contributed by atoms with Crippen molar-refractivity contribution in [3.8, 4) is 5.75 Å². The number of rotatable bonds is 1. The van der Waals surface area contributed by atoms with Gasteiger partial charge in [0.2, 0.25) is 0 Å². The highest BCUT2D eigenvalue weighted by atomic mass is 79.9. The molecule has 0 unspecified atom stereocenters. The van der Waals surface area contributed by atoms with Crippen LogP contribution in [0.4, 0.5) is 13.2 Å². The second kappa shape index (κ2) is 3.79.